The Hall–Kier alpha value is -2.08. The van der Waals surface area contributed by atoms with Crippen LogP contribution in [0.2, 0.25) is 0 Å². The third kappa shape index (κ3) is 1.97. The van der Waals surface area contributed by atoms with Gasteiger partial charge in [0, 0.05) is 5.41 Å². The molecular weight excluding hydrogens is 276 g/mol. The first-order chi connectivity index (χ1) is 10.8. The molecule has 0 N–H and O–H groups in total. The molecule has 3 aromatic rings. The van der Waals surface area contributed by atoms with Crippen LogP contribution in [0.5, 0.6) is 0 Å². The maximum Gasteiger partial charge on any atom is 0.0159 e. The van der Waals surface area contributed by atoms with Gasteiger partial charge in [-0.25, -0.2) is 0 Å². The van der Waals surface area contributed by atoms with Gasteiger partial charge in [0.05, 0.1) is 0 Å². The van der Waals surface area contributed by atoms with Gasteiger partial charge in [-0.3, -0.25) is 0 Å². The molecule has 0 atom stereocenters. The van der Waals surface area contributed by atoms with Crippen molar-refractivity contribution in [3.8, 4) is 11.1 Å². The second kappa shape index (κ2) is 4.47. The van der Waals surface area contributed by atoms with Crippen molar-refractivity contribution in [3.05, 3.63) is 71.3 Å². The van der Waals surface area contributed by atoms with Crippen LogP contribution >= 0.6 is 0 Å². The van der Waals surface area contributed by atoms with Gasteiger partial charge < -0.3 is 0 Å². The van der Waals surface area contributed by atoms with E-state index in [1.165, 1.54) is 38.6 Å². The van der Waals surface area contributed by atoms with Gasteiger partial charge in [0.1, 0.15) is 0 Å². The van der Waals surface area contributed by atoms with Crippen LogP contribution in [0.4, 0.5) is 0 Å². The molecule has 1 aliphatic rings. The fourth-order valence-electron chi connectivity index (χ4n) is 3.99. The van der Waals surface area contributed by atoms with E-state index in [0.717, 1.165) is 0 Å². The zero-order chi connectivity index (χ0) is 16.4. The van der Waals surface area contributed by atoms with Gasteiger partial charge in [-0.1, -0.05) is 89.2 Å². The molecule has 0 unspecified atom stereocenters. The summed E-state index contributed by atoms with van der Waals surface area (Å²) in [7, 11) is 0. The van der Waals surface area contributed by atoms with Gasteiger partial charge in [0.25, 0.3) is 0 Å². The van der Waals surface area contributed by atoms with Crippen LogP contribution in [0, 0.1) is 0 Å². The predicted octanol–water partition coefficient (Wildman–Crippen LogP) is 6.44. The van der Waals surface area contributed by atoms with Crippen molar-refractivity contribution in [3.63, 3.8) is 0 Å². The number of rotatable bonds is 0. The number of hydrogen-bond acceptors (Lipinski definition) is 0. The molecule has 0 heterocycles. The average molecular weight is 300 g/mol. The summed E-state index contributed by atoms with van der Waals surface area (Å²) < 4.78 is 0. The largest absolute Gasteiger partial charge is 0.0616 e. The van der Waals surface area contributed by atoms with E-state index in [9.17, 15) is 0 Å². The van der Waals surface area contributed by atoms with E-state index in [2.05, 4.69) is 89.2 Å². The lowest BCUT2D eigenvalue weighted by Crippen LogP contribution is -2.16. The molecule has 0 aromatic heterocycles. The summed E-state index contributed by atoms with van der Waals surface area (Å²) in [5.41, 5.74) is 7.43. The van der Waals surface area contributed by atoms with Crippen molar-refractivity contribution in [2.75, 3.05) is 0 Å². The topological polar surface area (TPSA) is 0 Å². The molecule has 116 valence electrons. The first-order valence-corrected chi connectivity index (χ1v) is 8.48. The summed E-state index contributed by atoms with van der Waals surface area (Å²) in [6.45, 7) is 11.6. The van der Waals surface area contributed by atoms with Crippen molar-refractivity contribution in [2.45, 2.75) is 45.4 Å². The third-order valence-electron chi connectivity index (χ3n) is 5.43. The van der Waals surface area contributed by atoms with E-state index in [1.807, 2.05) is 0 Å². The molecule has 0 bridgehead atoms. The summed E-state index contributed by atoms with van der Waals surface area (Å²) in [5.74, 6) is 0. The summed E-state index contributed by atoms with van der Waals surface area (Å²) in [5, 5.41) is 2.71. The first kappa shape index (κ1) is 14.5. The molecule has 4 rings (SSSR count). The van der Waals surface area contributed by atoms with Gasteiger partial charge in [0.2, 0.25) is 0 Å². The summed E-state index contributed by atoms with van der Waals surface area (Å²) in [6.07, 6.45) is 0. The quantitative estimate of drug-likeness (QED) is 0.448. The van der Waals surface area contributed by atoms with Gasteiger partial charge in [-0.2, -0.15) is 0 Å². The normalized spacial score (nSPS) is 15.5. The van der Waals surface area contributed by atoms with Crippen LogP contribution in [-0.2, 0) is 10.8 Å². The molecule has 0 fully saturated rings. The third-order valence-corrected chi connectivity index (χ3v) is 5.43. The van der Waals surface area contributed by atoms with Crippen LogP contribution in [0.1, 0.15) is 51.3 Å². The van der Waals surface area contributed by atoms with Crippen LogP contribution in [0.15, 0.2) is 54.6 Å². The standard InChI is InChI=1S/C23H24/c1-22(2,3)16-11-13-19-18(14-16)21-17-9-7-6-8-15(17)10-12-20(21)23(19,4)5/h6-14H,1-5H3. The molecule has 0 amide bonds. The molecule has 0 spiro atoms. The van der Waals surface area contributed by atoms with Crippen LogP contribution in [0.25, 0.3) is 21.9 Å². The first-order valence-electron chi connectivity index (χ1n) is 8.48. The molecule has 0 radical (unpaired) electrons. The number of fused-ring (bicyclic) bond motifs is 5. The molecule has 0 heteroatoms. The predicted molar refractivity (Wildman–Crippen MR) is 100 cm³/mol. The summed E-state index contributed by atoms with van der Waals surface area (Å²) in [6, 6.07) is 20.5. The highest BCUT2D eigenvalue weighted by Crippen LogP contribution is 2.51. The van der Waals surface area contributed by atoms with Crippen LogP contribution in [-0.4, -0.2) is 0 Å². The molecule has 1 aliphatic carbocycles. The summed E-state index contributed by atoms with van der Waals surface area (Å²) >= 11 is 0. The van der Waals surface area contributed by atoms with E-state index < -0.39 is 0 Å². The van der Waals surface area contributed by atoms with E-state index in [-0.39, 0.29) is 10.8 Å². The highest BCUT2D eigenvalue weighted by Gasteiger charge is 2.36. The number of benzene rings is 3. The molecule has 0 nitrogen and oxygen atoms in total. The molecule has 0 saturated heterocycles. The molecule has 23 heavy (non-hydrogen) atoms. The second-order valence-corrected chi connectivity index (χ2v) is 8.34. The minimum Gasteiger partial charge on any atom is -0.0616 e. The second-order valence-electron chi connectivity index (χ2n) is 8.34. The van der Waals surface area contributed by atoms with Crippen molar-refractivity contribution in [2.24, 2.45) is 0 Å². The lowest BCUT2D eigenvalue weighted by Gasteiger charge is -2.23. The highest BCUT2D eigenvalue weighted by atomic mass is 14.4. The van der Waals surface area contributed by atoms with Crippen molar-refractivity contribution < 1.29 is 0 Å². The molecule has 0 saturated carbocycles. The Morgan fingerprint density at radius 1 is 0.783 bits per heavy atom. The fraction of sp³-hybridized carbons (Fsp3) is 0.304. The monoisotopic (exact) mass is 300 g/mol. The Morgan fingerprint density at radius 2 is 1.48 bits per heavy atom. The number of hydrogen-bond donors (Lipinski definition) is 0. The minimum absolute atomic E-state index is 0.0745. The van der Waals surface area contributed by atoms with Gasteiger partial charge in [-0.05, 0) is 44.0 Å². The van der Waals surface area contributed by atoms with Gasteiger partial charge in [0.15, 0.2) is 0 Å². The van der Waals surface area contributed by atoms with Gasteiger partial charge >= 0.3 is 0 Å². The van der Waals surface area contributed by atoms with E-state index in [0.29, 0.717) is 0 Å². The van der Waals surface area contributed by atoms with Crippen molar-refractivity contribution in [1.82, 2.24) is 0 Å². The minimum atomic E-state index is 0.0745. The highest BCUT2D eigenvalue weighted by molar-refractivity contribution is 6.02. The van der Waals surface area contributed by atoms with Gasteiger partial charge in [-0.15, -0.1) is 0 Å². The Kier molecular flexibility index (Phi) is 2.82. The van der Waals surface area contributed by atoms with E-state index >= 15 is 0 Å². The zero-order valence-corrected chi connectivity index (χ0v) is 14.7. The smallest absolute Gasteiger partial charge is 0.0159 e. The average Bonchev–Trinajstić information content (AvgIpc) is 2.74. The zero-order valence-electron chi connectivity index (χ0n) is 14.7. The lowest BCUT2D eigenvalue weighted by molar-refractivity contribution is 0.589. The molecule has 0 aliphatic heterocycles. The Balaban J connectivity index is 2.12. The van der Waals surface area contributed by atoms with Crippen molar-refractivity contribution in [1.29, 1.82) is 0 Å². The lowest BCUT2D eigenvalue weighted by atomic mass is 9.80. The van der Waals surface area contributed by atoms with E-state index in [1.54, 1.807) is 0 Å². The maximum atomic E-state index is 2.43. The Bertz CT molecular complexity index is 920. The van der Waals surface area contributed by atoms with E-state index in [4.69, 9.17) is 0 Å². The van der Waals surface area contributed by atoms with Crippen LogP contribution < -0.4 is 0 Å². The SMILES string of the molecule is CC(C)(C)c1ccc2c(c1)-c1c(ccc3ccccc13)C2(C)C. The fourth-order valence-corrected chi connectivity index (χ4v) is 3.99. The molecule has 3 aromatic carbocycles. The molecular formula is C23H24. The Labute approximate surface area is 139 Å². The van der Waals surface area contributed by atoms with Crippen LogP contribution in [0.3, 0.4) is 0 Å². The van der Waals surface area contributed by atoms with Crippen molar-refractivity contribution >= 4 is 10.8 Å². The Morgan fingerprint density at radius 3 is 2.22 bits per heavy atom. The summed E-state index contributed by atoms with van der Waals surface area (Å²) in [4.78, 5) is 0. The maximum absolute atomic E-state index is 2.43.